The quantitative estimate of drug-likeness (QED) is 0.920. The number of carbonyl (C=O) groups excluding carboxylic acids is 2. The molecule has 0 atom stereocenters. The molecule has 6 nitrogen and oxygen atoms in total. The van der Waals surface area contributed by atoms with Gasteiger partial charge in [-0.25, -0.2) is 0 Å². The largest absolute Gasteiger partial charge is 0.363 e. The Morgan fingerprint density at radius 1 is 1.33 bits per heavy atom. The van der Waals surface area contributed by atoms with Gasteiger partial charge in [0.15, 0.2) is 5.82 Å². The van der Waals surface area contributed by atoms with Gasteiger partial charge in [-0.3, -0.25) is 9.59 Å². The fraction of sp³-hybridized carbons (Fsp3) is 0.214. The fourth-order valence-electron chi connectivity index (χ4n) is 1.76. The summed E-state index contributed by atoms with van der Waals surface area (Å²) in [7, 11) is 0. The van der Waals surface area contributed by atoms with E-state index in [-0.39, 0.29) is 18.4 Å². The number of likely N-dealkylation sites (N-methyl/N-ethyl adjacent to an activating group) is 1. The average molecular weight is 308 g/mol. The van der Waals surface area contributed by atoms with Crippen LogP contribution in [0.2, 0.25) is 5.02 Å². The maximum Gasteiger partial charge on any atom is 0.255 e. The van der Waals surface area contributed by atoms with Crippen LogP contribution in [0, 0.1) is 0 Å². The Balaban J connectivity index is 2.04. The second-order valence-electron chi connectivity index (χ2n) is 4.23. The van der Waals surface area contributed by atoms with Crippen LogP contribution in [-0.4, -0.2) is 35.0 Å². The van der Waals surface area contributed by atoms with Gasteiger partial charge in [-0.05, 0) is 19.1 Å². The summed E-state index contributed by atoms with van der Waals surface area (Å²) in [5.74, 6) is -0.342. The third-order valence-corrected chi connectivity index (χ3v) is 3.14. The van der Waals surface area contributed by atoms with Crippen molar-refractivity contribution in [3.63, 3.8) is 0 Å². The van der Waals surface area contributed by atoms with Crippen molar-refractivity contribution in [2.45, 2.75) is 6.92 Å². The van der Waals surface area contributed by atoms with Crippen molar-refractivity contribution in [3.8, 4) is 0 Å². The lowest BCUT2D eigenvalue weighted by Gasteiger charge is -2.20. The molecule has 1 aromatic heterocycles. The van der Waals surface area contributed by atoms with Crippen LogP contribution in [0.1, 0.15) is 17.3 Å². The van der Waals surface area contributed by atoms with E-state index >= 15 is 0 Å². The van der Waals surface area contributed by atoms with E-state index < -0.39 is 0 Å². The van der Waals surface area contributed by atoms with Gasteiger partial charge < -0.3 is 14.7 Å². The van der Waals surface area contributed by atoms with Crippen LogP contribution in [0.4, 0.5) is 5.82 Å². The van der Waals surface area contributed by atoms with Gasteiger partial charge in [0.25, 0.3) is 5.91 Å². The molecule has 0 aliphatic heterocycles. The number of rotatable bonds is 5. The van der Waals surface area contributed by atoms with Gasteiger partial charge in [-0.2, -0.15) is 0 Å². The van der Waals surface area contributed by atoms with E-state index in [0.29, 0.717) is 22.9 Å². The first-order valence-electron chi connectivity index (χ1n) is 6.36. The number of hydrogen-bond donors (Lipinski definition) is 1. The molecule has 2 rings (SSSR count). The van der Waals surface area contributed by atoms with E-state index in [2.05, 4.69) is 15.0 Å². The lowest BCUT2D eigenvalue weighted by atomic mass is 10.2. The van der Waals surface area contributed by atoms with Crippen molar-refractivity contribution in [1.82, 2.24) is 10.1 Å². The highest BCUT2D eigenvalue weighted by molar-refractivity contribution is 6.33. The van der Waals surface area contributed by atoms with Crippen LogP contribution in [0.15, 0.2) is 41.1 Å². The Bertz CT molecular complexity index is 628. The molecule has 21 heavy (non-hydrogen) atoms. The third-order valence-electron chi connectivity index (χ3n) is 2.81. The number of nitrogens with zero attached hydrogens (tertiary/aromatic N) is 2. The summed E-state index contributed by atoms with van der Waals surface area (Å²) >= 11 is 6.00. The van der Waals surface area contributed by atoms with Crippen LogP contribution in [0.3, 0.4) is 0 Å². The average Bonchev–Trinajstić information content (AvgIpc) is 2.97. The van der Waals surface area contributed by atoms with Gasteiger partial charge in [0.05, 0.1) is 10.6 Å². The number of halogens is 1. The lowest BCUT2D eigenvalue weighted by molar-refractivity contribution is -0.116. The van der Waals surface area contributed by atoms with E-state index in [1.807, 2.05) is 0 Å². The van der Waals surface area contributed by atoms with Gasteiger partial charge in [-0.1, -0.05) is 28.9 Å². The molecule has 2 aromatic rings. The van der Waals surface area contributed by atoms with Crippen LogP contribution >= 0.6 is 11.6 Å². The third kappa shape index (κ3) is 3.82. The van der Waals surface area contributed by atoms with Crippen molar-refractivity contribution in [2.24, 2.45) is 0 Å². The number of anilines is 1. The van der Waals surface area contributed by atoms with E-state index in [9.17, 15) is 9.59 Å². The molecule has 0 fully saturated rings. The Morgan fingerprint density at radius 3 is 2.71 bits per heavy atom. The Hall–Kier alpha value is -2.34. The molecule has 0 radical (unpaired) electrons. The first-order chi connectivity index (χ1) is 10.1. The Morgan fingerprint density at radius 2 is 2.10 bits per heavy atom. The molecule has 1 aromatic carbocycles. The van der Waals surface area contributed by atoms with Crippen molar-refractivity contribution in [2.75, 3.05) is 18.4 Å². The summed E-state index contributed by atoms with van der Waals surface area (Å²) in [5.41, 5.74) is 0.371. The molecular weight excluding hydrogens is 294 g/mol. The SMILES string of the molecule is CCN(CC(=O)Nc1ccon1)C(=O)c1ccccc1Cl. The standard InChI is InChI=1S/C14H14ClN3O3/c1-2-18(9-13(19)16-12-7-8-21-17-12)14(20)10-5-3-4-6-11(10)15/h3-8H,2,9H2,1H3,(H,16,17,19). The second kappa shape index (κ2) is 6.90. The summed E-state index contributed by atoms with van der Waals surface area (Å²) in [4.78, 5) is 25.6. The zero-order chi connectivity index (χ0) is 15.2. The summed E-state index contributed by atoms with van der Waals surface area (Å²) in [5, 5.41) is 6.47. The zero-order valence-corrected chi connectivity index (χ0v) is 12.1. The van der Waals surface area contributed by atoms with Gasteiger partial charge in [0, 0.05) is 12.6 Å². The summed E-state index contributed by atoms with van der Waals surface area (Å²) in [6.07, 6.45) is 1.35. The van der Waals surface area contributed by atoms with Crippen molar-refractivity contribution >= 4 is 29.2 Å². The van der Waals surface area contributed by atoms with Gasteiger partial charge >= 0.3 is 0 Å². The first kappa shape index (κ1) is 15.1. The molecule has 110 valence electrons. The normalized spacial score (nSPS) is 10.2. The molecule has 0 aliphatic rings. The minimum atomic E-state index is -0.355. The minimum absolute atomic E-state index is 0.0899. The second-order valence-corrected chi connectivity index (χ2v) is 4.64. The molecule has 7 heteroatoms. The van der Waals surface area contributed by atoms with Crippen molar-refractivity contribution in [1.29, 1.82) is 0 Å². The molecular formula is C14H14ClN3O3. The molecule has 0 saturated heterocycles. The van der Waals surface area contributed by atoms with Crippen LogP contribution < -0.4 is 5.32 Å². The topological polar surface area (TPSA) is 75.4 Å². The number of aromatic nitrogens is 1. The molecule has 2 amide bonds. The van der Waals surface area contributed by atoms with Gasteiger partial charge in [-0.15, -0.1) is 0 Å². The highest BCUT2D eigenvalue weighted by Gasteiger charge is 2.19. The predicted octanol–water partition coefficient (Wildman–Crippen LogP) is 2.43. The van der Waals surface area contributed by atoms with E-state index in [1.165, 1.54) is 17.2 Å². The molecule has 0 aliphatic carbocycles. The zero-order valence-electron chi connectivity index (χ0n) is 11.4. The summed E-state index contributed by atoms with van der Waals surface area (Å²) < 4.78 is 4.62. The molecule has 0 unspecified atom stereocenters. The molecule has 1 N–H and O–H groups in total. The highest BCUT2D eigenvalue weighted by atomic mass is 35.5. The molecule has 0 spiro atoms. The van der Waals surface area contributed by atoms with Crippen molar-refractivity contribution < 1.29 is 14.1 Å². The van der Waals surface area contributed by atoms with Crippen molar-refractivity contribution in [3.05, 3.63) is 47.2 Å². The van der Waals surface area contributed by atoms with Gasteiger partial charge in [0.2, 0.25) is 5.91 Å². The van der Waals surface area contributed by atoms with Crippen LogP contribution in [0.25, 0.3) is 0 Å². The predicted molar refractivity (Wildman–Crippen MR) is 78.2 cm³/mol. The number of benzene rings is 1. The minimum Gasteiger partial charge on any atom is -0.363 e. The monoisotopic (exact) mass is 307 g/mol. The fourth-order valence-corrected chi connectivity index (χ4v) is 1.98. The first-order valence-corrected chi connectivity index (χ1v) is 6.73. The van der Waals surface area contributed by atoms with Crippen LogP contribution in [-0.2, 0) is 4.79 Å². The maximum absolute atomic E-state index is 12.4. The summed E-state index contributed by atoms with van der Waals surface area (Å²) in [6, 6.07) is 8.25. The number of nitrogens with one attached hydrogen (secondary N) is 1. The number of carbonyl (C=O) groups is 2. The Labute approximate surface area is 126 Å². The highest BCUT2D eigenvalue weighted by Crippen LogP contribution is 2.17. The molecule has 1 heterocycles. The number of amides is 2. The Kier molecular flexibility index (Phi) is 4.94. The molecule has 0 bridgehead atoms. The van der Waals surface area contributed by atoms with E-state index in [0.717, 1.165) is 0 Å². The summed E-state index contributed by atoms with van der Waals surface area (Å²) in [6.45, 7) is 2.09. The maximum atomic E-state index is 12.4. The van der Waals surface area contributed by atoms with Crippen LogP contribution in [0.5, 0.6) is 0 Å². The smallest absolute Gasteiger partial charge is 0.255 e. The lowest BCUT2D eigenvalue weighted by Crippen LogP contribution is -2.38. The van der Waals surface area contributed by atoms with E-state index in [4.69, 9.17) is 11.6 Å². The molecule has 0 saturated carbocycles. The van der Waals surface area contributed by atoms with Gasteiger partial charge in [0.1, 0.15) is 12.8 Å². The van der Waals surface area contributed by atoms with E-state index in [1.54, 1.807) is 31.2 Å². The number of hydrogen-bond acceptors (Lipinski definition) is 4.